The molecule has 0 bridgehead atoms. The third-order valence-corrected chi connectivity index (χ3v) is 3.96. The maximum Gasteiger partial charge on any atom is 0.221 e. The van der Waals surface area contributed by atoms with Gasteiger partial charge in [-0.3, -0.25) is 9.69 Å². The van der Waals surface area contributed by atoms with Gasteiger partial charge in [-0.1, -0.05) is 13.3 Å². The second kappa shape index (κ2) is 9.32. The Hall–Kier alpha value is -0.610. The summed E-state index contributed by atoms with van der Waals surface area (Å²) in [7, 11) is 0. The summed E-state index contributed by atoms with van der Waals surface area (Å²) in [5, 5.41) is 6.48. The van der Waals surface area contributed by atoms with Gasteiger partial charge in [-0.25, -0.2) is 0 Å². The third kappa shape index (κ3) is 5.91. The van der Waals surface area contributed by atoms with E-state index in [1.807, 2.05) is 6.92 Å². The highest BCUT2D eigenvalue weighted by molar-refractivity contribution is 5.75. The first-order valence-corrected chi connectivity index (χ1v) is 7.93. The number of carbonyl (C=O) groups excluding carboxylic acids is 1. The molecule has 0 radical (unpaired) electrons. The van der Waals surface area contributed by atoms with Crippen molar-refractivity contribution >= 4 is 5.91 Å². The van der Waals surface area contributed by atoms with Gasteiger partial charge in [-0.05, 0) is 46.2 Å². The van der Waals surface area contributed by atoms with Crippen molar-refractivity contribution < 1.29 is 4.79 Å². The molecule has 112 valence electrons. The SMILES string of the molecule is CCCNC(C)C1CCCCN1CCC(=O)NCC. The number of amides is 1. The number of carbonyl (C=O) groups is 1. The number of hydrogen-bond acceptors (Lipinski definition) is 3. The van der Waals surface area contributed by atoms with E-state index in [2.05, 4.69) is 29.4 Å². The minimum atomic E-state index is 0.181. The molecule has 1 heterocycles. The Morgan fingerprint density at radius 2 is 2.16 bits per heavy atom. The fourth-order valence-corrected chi connectivity index (χ4v) is 2.90. The van der Waals surface area contributed by atoms with Crippen molar-refractivity contribution in [3.63, 3.8) is 0 Å². The molecule has 1 saturated heterocycles. The Bertz CT molecular complexity index is 258. The van der Waals surface area contributed by atoms with Gasteiger partial charge in [0.2, 0.25) is 5.91 Å². The lowest BCUT2D eigenvalue weighted by Crippen LogP contribution is -2.51. The van der Waals surface area contributed by atoms with Crippen molar-refractivity contribution in [2.45, 2.75) is 65.0 Å². The maximum atomic E-state index is 11.6. The van der Waals surface area contributed by atoms with Crippen LogP contribution in [0.4, 0.5) is 0 Å². The lowest BCUT2D eigenvalue weighted by molar-refractivity contribution is -0.121. The van der Waals surface area contributed by atoms with Gasteiger partial charge in [0.25, 0.3) is 0 Å². The van der Waals surface area contributed by atoms with Gasteiger partial charge in [0.1, 0.15) is 0 Å². The Morgan fingerprint density at radius 3 is 2.84 bits per heavy atom. The van der Waals surface area contributed by atoms with Gasteiger partial charge in [0.05, 0.1) is 0 Å². The fourth-order valence-electron chi connectivity index (χ4n) is 2.90. The number of nitrogens with one attached hydrogen (secondary N) is 2. The van der Waals surface area contributed by atoms with Crippen LogP contribution in [-0.4, -0.2) is 49.1 Å². The average molecular weight is 269 g/mol. The number of nitrogens with zero attached hydrogens (tertiary/aromatic N) is 1. The Morgan fingerprint density at radius 1 is 1.37 bits per heavy atom. The van der Waals surface area contributed by atoms with Crippen LogP contribution in [0.2, 0.25) is 0 Å². The molecule has 0 aromatic carbocycles. The summed E-state index contributed by atoms with van der Waals surface area (Å²) in [5.41, 5.74) is 0. The van der Waals surface area contributed by atoms with Crippen LogP contribution in [0.25, 0.3) is 0 Å². The molecule has 2 atom stereocenters. The zero-order valence-corrected chi connectivity index (χ0v) is 12.9. The van der Waals surface area contributed by atoms with Crippen LogP contribution in [-0.2, 0) is 4.79 Å². The molecule has 2 unspecified atom stereocenters. The summed E-state index contributed by atoms with van der Waals surface area (Å²) in [6.45, 7) is 10.3. The highest BCUT2D eigenvalue weighted by Gasteiger charge is 2.26. The molecule has 1 amide bonds. The first kappa shape index (κ1) is 16.4. The number of likely N-dealkylation sites (tertiary alicyclic amines) is 1. The van der Waals surface area contributed by atoms with Crippen molar-refractivity contribution in [3.8, 4) is 0 Å². The van der Waals surface area contributed by atoms with Gasteiger partial charge >= 0.3 is 0 Å². The maximum absolute atomic E-state index is 11.6. The van der Waals surface area contributed by atoms with Gasteiger partial charge in [-0.2, -0.15) is 0 Å². The molecule has 1 aliphatic heterocycles. The summed E-state index contributed by atoms with van der Waals surface area (Å²) in [5.74, 6) is 0.181. The van der Waals surface area contributed by atoms with Crippen LogP contribution < -0.4 is 10.6 Å². The van der Waals surface area contributed by atoms with Crippen LogP contribution in [0, 0.1) is 0 Å². The molecule has 2 N–H and O–H groups in total. The molecule has 0 saturated carbocycles. The molecule has 0 aromatic rings. The number of piperidine rings is 1. The van der Waals surface area contributed by atoms with E-state index in [9.17, 15) is 4.79 Å². The first-order valence-electron chi connectivity index (χ1n) is 7.93. The molecule has 0 spiro atoms. The summed E-state index contributed by atoms with van der Waals surface area (Å²) < 4.78 is 0. The summed E-state index contributed by atoms with van der Waals surface area (Å²) in [4.78, 5) is 14.1. The van der Waals surface area contributed by atoms with E-state index in [-0.39, 0.29) is 5.91 Å². The standard InChI is InChI=1S/C15H31N3O/c1-4-10-17-13(3)14-8-6-7-11-18(14)12-9-15(19)16-5-2/h13-14,17H,4-12H2,1-3H3,(H,16,19). The van der Waals surface area contributed by atoms with E-state index in [0.29, 0.717) is 18.5 Å². The predicted molar refractivity (Wildman–Crippen MR) is 80.3 cm³/mol. The second-order valence-corrected chi connectivity index (χ2v) is 5.55. The number of hydrogen-bond donors (Lipinski definition) is 2. The number of rotatable bonds is 8. The van der Waals surface area contributed by atoms with Crippen LogP contribution >= 0.6 is 0 Å². The molecule has 1 rings (SSSR count). The zero-order valence-electron chi connectivity index (χ0n) is 12.9. The van der Waals surface area contributed by atoms with E-state index in [1.165, 1.54) is 25.7 Å². The van der Waals surface area contributed by atoms with E-state index >= 15 is 0 Å². The molecule has 4 heteroatoms. The molecular formula is C15H31N3O. The van der Waals surface area contributed by atoms with Gasteiger partial charge in [0.15, 0.2) is 0 Å². The van der Waals surface area contributed by atoms with Crippen LogP contribution in [0.15, 0.2) is 0 Å². The quantitative estimate of drug-likeness (QED) is 0.706. The molecule has 4 nitrogen and oxygen atoms in total. The van der Waals surface area contributed by atoms with Crippen LogP contribution in [0.5, 0.6) is 0 Å². The van der Waals surface area contributed by atoms with E-state index in [4.69, 9.17) is 0 Å². The van der Waals surface area contributed by atoms with Gasteiger partial charge in [0, 0.05) is 31.6 Å². The topological polar surface area (TPSA) is 44.4 Å². The van der Waals surface area contributed by atoms with E-state index in [0.717, 1.165) is 26.2 Å². The monoisotopic (exact) mass is 269 g/mol. The van der Waals surface area contributed by atoms with Crippen LogP contribution in [0.3, 0.4) is 0 Å². The minimum Gasteiger partial charge on any atom is -0.356 e. The largest absolute Gasteiger partial charge is 0.356 e. The molecule has 0 aliphatic carbocycles. The highest BCUT2D eigenvalue weighted by atomic mass is 16.1. The molecular weight excluding hydrogens is 238 g/mol. The highest BCUT2D eigenvalue weighted by Crippen LogP contribution is 2.20. The molecule has 1 aliphatic rings. The van der Waals surface area contributed by atoms with Crippen LogP contribution in [0.1, 0.15) is 52.9 Å². The summed E-state index contributed by atoms with van der Waals surface area (Å²) >= 11 is 0. The Kier molecular flexibility index (Phi) is 8.07. The predicted octanol–water partition coefficient (Wildman–Crippen LogP) is 1.76. The molecule has 19 heavy (non-hydrogen) atoms. The van der Waals surface area contributed by atoms with Crippen molar-refractivity contribution in [1.29, 1.82) is 0 Å². The van der Waals surface area contributed by atoms with Gasteiger partial charge in [-0.15, -0.1) is 0 Å². The van der Waals surface area contributed by atoms with Crippen molar-refractivity contribution in [2.24, 2.45) is 0 Å². The summed E-state index contributed by atoms with van der Waals surface area (Å²) in [6, 6.07) is 1.12. The van der Waals surface area contributed by atoms with Gasteiger partial charge < -0.3 is 10.6 Å². The first-order chi connectivity index (χ1) is 9.19. The third-order valence-electron chi connectivity index (χ3n) is 3.96. The summed E-state index contributed by atoms with van der Waals surface area (Å²) in [6.07, 6.45) is 5.65. The normalized spacial score (nSPS) is 22.2. The Labute approximate surface area is 118 Å². The van der Waals surface area contributed by atoms with Crippen molar-refractivity contribution in [3.05, 3.63) is 0 Å². The van der Waals surface area contributed by atoms with E-state index in [1.54, 1.807) is 0 Å². The lowest BCUT2D eigenvalue weighted by Gasteiger charge is -2.39. The average Bonchev–Trinajstić information content (AvgIpc) is 2.43. The zero-order chi connectivity index (χ0) is 14.1. The molecule has 1 fully saturated rings. The van der Waals surface area contributed by atoms with Crippen molar-refractivity contribution in [1.82, 2.24) is 15.5 Å². The minimum absolute atomic E-state index is 0.181. The second-order valence-electron chi connectivity index (χ2n) is 5.55. The smallest absolute Gasteiger partial charge is 0.221 e. The van der Waals surface area contributed by atoms with Crippen molar-refractivity contribution in [2.75, 3.05) is 26.2 Å². The van der Waals surface area contributed by atoms with E-state index < -0.39 is 0 Å². The fraction of sp³-hybridized carbons (Fsp3) is 0.933. The lowest BCUT2D eigenvalue weighted by atomic mass is 9.96. The molecule has 0 aromatic heterocycles. The Balaban J connectivity index is 2.40.